The minimum Gasteiger partial charge on any atom is -0.374 e. The zero-order chi connectivity index (χ0) is 13.4. The van der Waals surface area contributed by atoms with E-state index in [2.05, 4.69) is 47.5 Å². The minimum absolute atomic E-state index is 0.0282. The van der Waals surface area contributed by atoms with Gasteiger partial charge in [-0.1, -0.05) is 17.3 Å². The first-order valence-corrected chi connectivity index (χ1v) is 6.81. The number of nitrogens with one attached hydrogen (secondary N) is 1. The molecule has 0 radical (unpaired) electrons. The van der Waals surface area contributed by atoms with E-state index in [0.717, 1.165) is 11.5 Å². The van der Waals surface area contributed by atoms with Crippen LogP contribution in [0.15, 0.2) is 22.7 Å². The molecule has 1 N–H and O–H groups in total. The molecule has 1 aromatic heterocycles. The summed E-state index contributed by atoms with van der Waals surface area (Å²) in [5.74, 6) is 2.07. The van der Waals surface area contributed by atoms with E-state index < -0.39 is 0 Å². The molecule has 1 aliphatic rings. The van der Waals surface area contributed by atoms with Gasteiger partial charge in [-0.15, -0.1) is 0 Å². The molecular weight excluding hydrogens is 238 g/mol. The lowest BCUT2D eigenvalue weighted by atomic mass is 10.1. The van der Waals surface area contributed by atoms with Crippen molar-refractivity contribution in [3.8, 4) is 0 Å². The molecule has 100 valence electrons. The Bertz CT molecular complexity index is 587. The Morgan fingerprint density at radius 3 is 2.84 bits per heavy atom. The van der Waals surface area contributed by atoms with Crippen molar-refractivity contribution in [2.45, 2.75) is 45.6 Å². The third-order valence-electron chi connectivity index (χ3n) is 3.75. The predicted molar refractivity (Wildman–Crippen MR) is 74.2 cm³/mol. The van der Waals surface area contributed by atoms with Gasteiger partial charge in [-0.2, -0.15) is 4.98 Å². The van der Waals surface area contributed by atoms with Crippen molar-refractivity contribution in [1.29, 1.82) is 0 Å². The van der Waals surface area contributed by atoms with Gasteiger partial charge in [-0.05, 0) is 50.8 Å². The van der Waals surface area contributed by atoms with Crippen LogP contribution in [0, 0.1) is 13.8 Å². The largest absolute Gasteiger partial charge is 0.374 e. The van der Waals surface area contributed by atoms with Crippen LogP contribution < -0.4 is 5.32 Å². The molecule has 0 amide bonds. The molecule has 3 rings (SSSR count). The van der Waals surface area contributed by atoms with E-state index in [4.69, 9.17) is 4.52 Å². The SMILES string of the molecule is Cc1cccc(NC(C)c2nc(C3CC3)no2)c1C. The van der Waals surface area contributed by atoms with Gasteiger partial charge in [0.1, 0.15) is 6.04 Å². The summed E-state index contributed by atoms with van der Waals surface area (Å²) in [5.41, 5.74) is 3.66. The number of hydrogen-bond acceptors (Lipinski definition) is 4. The number of rotatable bonds is 4. The summed E-state index contributed by atoms with van der Waals surface area (Å²) < 4.78 is 5.35. The van der Waals surface area contributed by atoms with E-state index in [0.29, 0.717) is 11.8 Å². The van der Waals surface area contributed by atoms with Gasteiger partial charge >= 0.3 is 0 Å². The van der Waals surface area contributed by atoms with Gasteiger partial charge in [0.2, 0.25) is 5.89 Å². The van der Waals surface area contributed by atoms with Gasteiger partial charge in [0.25, 0.3) is 0 Å². The van der Waals surface area contributed by atoms with Gasteiger partial charge in [0.05, 0.1) is 0 Å². The Hall–Kier alpha value is -1.84. The van der Waals surface area contributed by atoms with Crippen LogP contribution in [0.1, 0.15) is 54.6 Å². The lowest BCUT2D eigenvalue weighted by Gasteiger charge is -2.14. The zero-order valence-electron chi connectivity index (χ0n) is 11.6. The Morgan fingerprint density at radius 2 is 2.11 bits per heavy atom. The summed E-state index contributed by atoms with van der Waals surface area (Å²) in [4.78, 5) is 4.48. The van der Waals surface area contributed by atoms with Gasteiger partial charge in [-0.3, -0.25) is 0 Å². The van der Waals surface area contributed by atoms with Crippen LogP contribution in [-0.4, -0.2) is 10.1 Å². The normalized spacial score (nSPS) is 16.4. The first kappa shape index (κ1) is 12.2. The maximum atomic E-state index is 5.35. The number of aryl methyl sites for hydroxylation is 1. The Labute approximate surface area is 113 Å². The first-order valence-electron chi connectivity index (χ1n) is 6.81. The molecule has 0 bridgehead atoms. The van der Waals surface area contributed by atoms with Crippen molar-refractivity contribution < 1.29 is 4.52 Å². The fourth-order valence-electron chi connectivity index (χ4n) is 2.13. The summed E-state index contributed by atoms with van der Waals surface area (Å²) in [6.45, 7) is 6.28. The average molecular weight is 257 g/mol. The van der Waals surface area contributed by atoms with E-state index in [1.165, 1.54) is 24.0 Å². The van der Waals surface area contributed by atoms with Crippen LogP contribution in [-0.2, 0) is 0 Å². The Balaban J connectivity index is 1.76. The molecule has 1 aromatic carbocycles. The molecule has 0 aliphatic heterocycles. The molecule has 2 aromatic rings. The quantitative estimate of drug-likeness (QED) is 0.906. The standard InChI is InChI=1S/C15H19N3O/c1-9-5-4-6-13(10(9)2)16-11(3)15-17-14(18-19-15)12-7-8-12/h4-6,11-12,16H,7-8H2,1-3H3. The minimum atomic E-state index is 0.0282. The molecule has 0 spiro atoms. The van der Waals surface area contributed by atoms with Crippen molar-refractivity contribution in [1.82, 2.24) is 10.1 Å². The van der Waals surface area contributed by atoms with Gasteiger partial charge < -0.3 is 9.84 Å². The second-order valence-corrected chi connectivity index (χ2v) is 5.38. The number of benzene rings is 1. The number of anilines is 1. The number of aromatic nitrogens is 2. The van der Waals surface area contributed by atoms with Crippen molar-refractivity contribution in [3.63, 3.8) is 0 Å². The Kier molecular flexibility index (Phi) is 3.01. The summed E-state index contributed by atoms with van der Waals surface area (Å²) in [6.07, 6.45) is 2.38. The highest BCUT2D eigenvalue weighted by Gasteiger charge is 2.29. The zero-order valence-corrected chi connectivity index (χ0v) is 11.6. The summed E-state index contributed by atoms with van der Waals surface area (Å²) in [6, 6.07) is 6.28. The second kappa shape index (κ2) is 4.68. The van der Waals surface area contributed by atoms with Crippen LogP contribution in [0.3, 0.4) is 0 Å². The molecular formula is C15H19N3O. The molecule has 1 atom stereocenters. The fourth-order valence-corrected chi connectivity index (χ4v) is 2.13. The summed E-state index contributed by atoms with van der Waals surface area (Å²) in [7, 11) is 0. The van der Waals surface area contributed by atoms with Crippen molar-refractivity contribution in [2.24, 2.45) is 0 Å². The van der Waals surface area contributed by atoms with E-state index in [1.54, 1.807) is 0 Å². The second-order valence-electron chi connectivity index (χ2n) is 5.38. The molecule has 19 heavy (non-hydrogen) atoms. The van der Waals surface area contributed by atoms with Crippen LogP contribution in [0.2, 0.25) is 0 Å². The Morgan fingerprint density at radius 1 is 1.32 bits per heavy atom. The van der Waals surface area contributed by atoms with Crippen LogP contribution >= 0.6 is 0 Å². The molecule has 1 fully saturated rings. The maximum Gasteiger partial charge on any atom is 0.248 e. The fraction of sp³-hybridized carbons (Fsp3) is 0.467. The molecule has 1 unspecified atom stereocenters. The highest BCUT2D eigenvalue weighted by atomic mass is 16.5. The third kappa shape index (κ3) is 2.48. The number of nitrogens with zero attached hydrogens (tertiary/aromatic N) is 2. The summed E-state index contributed by atoms with van der Waals surface area (Å²) in [5, 5.41) is 7.50. The first-order chi connectivity index (χ1) is 9.15. The maximum absolute atomic E-state index is 5.35. The highest BCUT2D eigenvalue weighted by molar-refractivity contribution is 5.54. The highest BCUT2D eigenvalue weighted by Crippen LogP contribution is 2.38. The molecule has 1 heterocycles. The smallest absolute Gasteiger partial charge is 0.248 e. The molecule has 1 aliphatic carbocycles. The molecule has 1 saturated carbocycles. The van der Waals surface area contributed by atoms with Crippen molar-refractivity contribution >= 4 is 5.69 Å². The monoisotopic (exact) mass is 257 g/mol. The number of hydrogen-bond donors (Lipinski definition) is 1. The lowest BCUT2D eigenvalue weighted by molar-refractivity contribution is 0.363. The predicted octanol–water partition coefficient (Wildman–Crippen LogP) is 3.74. The molecule has 4 heteroatoms. The molecule has 0 saturated heterocycles. The van der Waals surface area contributed by atoms with E-state index >= 15 is 0 Å². The van der Waals surface area contributed by atoms with Gasteiger partial charge in [0, 0.05) is 11.6 Å². The van der Waals surface area contributed by atoms with Gasteiger partial charge in [0.15, 0.2) is 5.82 Å². The van der Waals surface area contributed by atoms with Crippen molar-refractivity contribution in [3.05, 3.63) is 41.0 Å². The third-order valence-corrected chi connectivity index (χ3v) is 3.75. The van der Waals surface area contributed by atoms with Crippen molar-refractivity contribution in [2.75, 3.05) is 5.32 Å². The van der Waals surface area contributed by atoms with E-state index in [9.17, 15) is 0 Å². The van der Waals surface area contributed by atoms with Crippen LogP contribution in [0.5, 0.6) is 0 Å². The van der Waals surface area contributed by atoms with Crippen LogP contribution in [0.4, 0.5) is 5.69 Å². The van der Waals surface area contributed by atoms with E-state index in [1.807, 2.05) is 6.92 Å². The van der Waals surface area contributed by atoms with E-state index in [-0.39, 0.29) is 6.04 Å². The summed E-state index contributed by atoms with van der Waals surface area (Å²) >= 11 is 0. The topological polar surface area (TPSA) is 51.0 Å². The van der Waals surface area contributed by atoms with Crippen LogP contribution in [0.25, 0.3) is 0 Å². The molecule has 4 nitrogen and oxygen atoms in total. The lowest BCUT2D eigenvalue weighted by Crippen LogP contribution is -2.08. The average Bonchev–Trinajstić information content (AvgIpc) is 3.12. The van der Waals surface area contributed by atoms with Gasteiger partial charge in [-0.25, -0.2) is 0 Å².